The van der Waals surface area contributed by atoms with Gasteiger partial charge in [0.05, 0.1) is 11.9 Å². The molecule has 1 aliphatic carbocycles. The molecule has 1 aliphatic heterocycles. The predicted octanol–water partition coefficient (Wildman–Crippen LogP) is 4.36. The lowest BCUT2D eigenvalue weighted by Gasteiger charge is -2.26. The lowest BCUT2D eigenvalue weighted by molar-refractivity contribution is 0.339. The van der Waals surface area contributed by atoms with Crippen LogP contribution in [-0.4, -0.2) is 27.9 Å². The maximum absolute atomic E-state index is 6.12. The smallest absolute Gasteiger partial charge is 0.153 e. The van der Waals surface area contributed by atoms with E-state index in [0.717, 1.165) is 48.0 Å². The number of hydrogen-bond donors (Lipinski definition) is 1. The van der Waals surface area contributed by atoms with Gasteiger partial charge in [0.2, 0.25) is 0 Å². The molecule has 0 radical (unpaired) electrons. The van der Waals surface area contributed by atoms with Gasteiger partial charge in [0.1, 0.15) is 12.4 Å². The number of ether oxygens (including phenoxy) is 1. The van der Waals surface area contributed by atoms with Gasteiger partial charge in [0.15, 0.2) is 5.82 Å². The molecule has 5 nitrogen and oxygen atoms in total. The number of aromatic nitrogens is 3. The normalized spacial score (nSPS) is 18.0. The van der Waals surface area contributed by atoms with Gasteiger partial charge >= 0.3 is 0 Å². The second kappa shape index (κ2) is 7.41. The number of benzene rings is 1. The average molecular weight is 393 g/mol. The van der Waals surface area contributed by atoms with Crippen LogP contribution >= 0.6 is 11.6 Å². The molecule has 1 atom stereocenters. The van der Waals surface area contributed by atoms with Crippen LogP contribution in [0.1, 0.15) is 35.7 Å². The van der Waals surface area contributed by atoms with Crippen molar-refractivity contribution in [3.05, 3.63) is 76.2 Å². The van der Waals surface area contributed by atoms with Gasteiger partial charge in [0.25, 0.3) is 0 Å². The summed E-state index contributed by atoms with van der Waals surface area (Å²) in [5.74, 6) is 1.77. The zero-order valence-electron chi connectivity index (χ0n) is 15.4. The Bertz CT molecular complexity index is 1030. The average Bonchev–Trinajstić information content (AvgIpc) is 3.17. The first-order valence-corrected chi connectivity index (χ1v) is 9.99. The van der Waals surface area contributed by atoms with Crippen LogP contribution in [-0.2, 0) is 6.42 Å². The summed E-state index contributed by atoms with van der Waals surface area (Å²) in [7, 11) is 0. The van der Waals surface area contributed by atoms with E-state index in [1.54, 1.807) is 0 Å². The number of nitrogens with one attached hydrogen (secondary N) is 1. The molecule has 5 rings (SSSR count). The van der Waals surface area contributed by atoms with Crippen molar-refractivity contribution in [2.45, 2.75) is 25.3 Å². The third-order valence-electron chi connectivity index (χ3n) is 5.37. The van der Waals surface area contributed by atoms with Gasteiger partial charge in [0, 0.05) is 34.9 Å². The van der Waals surface area contributed by atoms with Crippen LogP contribution in [0.5, 0.6) is 5.75 Å². The van der Waals surface area contributed by atoms with Crippen LogP contribution in [0.25, 0.3) is 11.9 Å². The lowest BCUT2D eigenvalue weighted by atomic mass is 9.92. The molecule has 2 aromatic heterocycles. The Morgan fingerprint density at radius 2 is 2.21 bits per heavy atom. The van der Waals surface area contributed by atoms with E-state index in [0.29, 0.717) is 12.6 Å². The van der Waals surface area contributed by atoms with E-state index in [1.165, 1.54) is 16.8 Å². The number of nitrogens with zero attached hydrogens (tertiary/aromatic N) is 3. The molecular weight excluding hydrogens is 372 g/mol. The first-order valence-electron chi connectivity index (χ1n) is 9.61. The highest BCUT2D eigenvalue weighted by Gasteiger charge is 2.25. The Balaban J connectivity index is 1.34. The molecule has 0 amide bonds. The fourth-order valence-electron chi connectivity index (χ4n) is 4.00. The summed E-state index contributed by atoms with van der Waals surface area (Å²) in [6, 6.07) is 12.0. The van der Waals surface area contributed by atoms with E-state index in [-0.39, 0.29) is 0 Å². The van der Waals surface area contributed by atoms with Crippen LogP contribution in [0.4, 0.5) is 0 Å². The van der Waals surface area contributed by atoms with Crippen molar-refractivity contribution in [2.24, 2.45) is 0 Å². The molecule has 1 N–H and O–H groups in total. The highest BCUT2D eigenvalue weighted by atomic mass is 35.5. The molecule has 0 spiro atoms. The Kier molecular flexibility index (Phi) is 4.63. The van der Waals surface area contributed by atoms with Gasteiger partial charge in [-0.05, 0) is 61.2 Å². The first-order chi connectivity index (χ1) is 13.8. The van der Waals surface area contributed by atoms with Gasteiger partial charge < -0.3 is 10.1 Å². The zero-order chi connectivity index (χ0) is 18.9. The van der Waals surface area contributed by atoms with Crippen LogP contribution < -0.4 is 10.1 Å². The van der Waals surface area contributed by atoms with Crippen LogP contribution in [0.2, 0.25) is 5.02 Å². The monoisotopic (exact) mass is 392 g/mol. The summed E-state index contributed by atoms with van der Waals surface area (Å²) in [6.07, 6.45) is 9.25. The number of rotatable bonds is 4. The Morgan fingerprint density at radius 3 is 3.11 bits per heavy atom. The molecule has 28 heavy (non-hydrogen) atoms. The van der Waals surface area contributed by atoms with Crippen LogP contribution in [0.15, 0.2) is 54.4 Å². The van der Waals surface area contributed by atoms with Crippen LogP contribution in [0, 0.1) is 0 Å². The third-order valence-corrected chi connectivity index (χ3v) is 5.60. The van der Waals surface area contributed by atoms with E-state index in [9.17, 15) is 0 Å². The van der Waals surface area contributed by atoms with Crippen molar-refractivity contribution in [1.82, 2.24) is 20.1 Å². The second-order valence-electron chi connectivity index (χ2n) is 7.25. The quantitative estimate of drug-likeness (QED) is 0.716. The minimum Gasteiger partial charge on any atom is -0.489 e. The molecule has 142 valence electrons. The lowest BCUT2D eigenvalue weighted by Crippen LogP contribution is -2.28. The summed E-state index contributed by atoms with van der Waals surface area (Å²) in [5.41, 5.74) is 4.80. The Hall–Kier alpha value is -2.63. The van der Waals surface area contributed by atoms with Gasteiger partial charge in [-0.3, -0.25) is 0 Å². The molecule has 3 aromatic rings. The first kappa shape index (κ1) is 17.5. The Morgan fingerprint density at radius 1 is 1.25 bits per heavy atom. The van der Waals surface area contributed by atoms with Crippen molar-refractivity contribution in [3.8, 4) is 11.6 Å². The van der Waals surface area contributed by atoms with E-state index in [2.05, 4.69) is 21.5 Å². The molecule has 3 heterocycles. The second-order valence-corrected chi connectivity index (χ2v) is 7.68. The molecule has 0 saturated heterocycles. The molecule has 0 fully saturated rings. The SMILES string of the molecule is Clc1ccc2c(c1)C=C(CNC1CCCc3c1cnn3-c1ccccn1)CO2. The van der Waals surface area contributed by atoms with Gasteiger partial charge in [-0.2, -0.15) is 5.10 Å². The fourth-order valence-corrected chi connectivity index (χ4v) is 4.18. The zero-order valence-corrected chi connectivity index (χ0v) is 16.2. The van der Waals surface area contributed by atoms with E-state index in [4.69, 9.17) is 16.3 Å². The topological polar surface area (TPSA) is 52.0 Å². The molecule has 1 unspecified atom stereocenters. The van der Waals surface area contributed by atoms with Crippen molar-refractivity contribution in [2.75, 3.05) is 13.2 Å². The summed E-state index contributed by atoms with van der Waals surface area (Å²) < 4.78 is 7.85. The van der Waals surface area contributed by atoms with Gasteiger partial charge in [-0.1, -0.05) is 17.7 Å². The largest absolute Gasteiger partial charge is 0.489 e. The summed E-state index contributed by atoms with van der Waals surface area (Å²) in [4.78, 5) is 4.45. The summed E-state index contributed by atoms with van der Waals surface area (Å²) >= 11 is 6.12. The number of fused-ring (bicyclic) bond motifs is 2. The molecule has 6 heteroatoms. The number of pyridine rings is 1. The highest BCUT2D eigenvalue weighted by molar-refractivity contribution is 6.30. The molecule has 1 aromatic carbocycles. The summed E-state index contributed by atoms with van der Waals surface area (Å²) in [5, 5.41) is 9.04. The maximum atomic E-state index is 6.12. The maximum Gasteiger partial charge on any atom is 0.153 e. The number of hydrogen-bond acceptors (Lipinski definition) is 4. The van der Waals surface area contributed by atoms with Crippen molar-refractivity contribution in [1.29, 1.82) is 0 Å². The van der Waals surface area contributed by atoms with Crippen molar-refractivity contribution in [3.63, 3.8) is 0 Å². The van der Waals surface area contributed by atoms with Gasteiger partial charge in [-0.25, -0.2) is 9.67 Å². The van der Waals surface area contributed by atoms with Gasteiger partial charge in [-0.15, -0.1) is 0 Å². The summed E-state index contributed by atoms with van der Waals surface area (Å²) in [6.45, 7) is 1.39. The molecule has 0 saturated carbocycles. The minimum absolute atomic E-state index is 0.294. The van der Waals surface area contributed by atoms with Crippen molar-refractivity contribution >= 4 is 17.7 Å². The standard InChI is InChI=1S/C22H21ClN4O/c23-17-7-8-21-16(11-17)10-15(14-28-21)12-25-19-4-3-5-20-18(19)13-26-27(20)22-6-1-2-9-24-22/h1-2,6-11,13,19,25H,3-5,12,14H2. The molecular formula is C22H21ClN4O. The highest BCUT2D eigenvalue weighted by Crippen LogP contribution is 2.32. The van der Waals surface area contributed by atoms with E-state index in [1.807, 2.05) is 53.5 Å². The predicted molar refractivity (Wildman–Crippen MR) is 110 cm³/mol. The van der Waals surface area contributed by atoms with Crippen molar-refractivity contribution < 1.29 is 4.74 Å². The minimum atomic E-state index is 0.294. The van der Waals surface area contributed by atoms with E-state index < -0.39 is 0 Å². The molecule has 0 bridgehead atoms. The molecule has 2 aliphatic rings. The Labute approximate surface area is 169 Å². The third kappa shape index (κ3) is 3.32. The number of halogens is 1. The fraction of sp³-hybridized carbons (Fsp3) is 0.273. The van der Waals surface area contributed by atoms with E-state index >= 15 is 0 Å². The van der Waals surface area contributed by atoms with Crippen LogP contribution in [0.3, 0.4) is 0 Å².